The predicted molar refractivity (Wildman–Crippen MR) is 82.6 cm³/mol. The molecule has 0 aliphatic heterocycles. The molecule has 0 amide bonds. The summed E-state index contributed by atoms with van der Waals surface area (Å²) in [6.45, 7) is 1.66. The number of nitrogens with zero attached hydrogens (tertiary/aromatic N) is 2. The Morgan fingerprint density at radius 2 is 2.04 bits per heavy atom. The van der Waals surface area contributed by atoms with Crippen LogP contribution < -0.4 is 5.69 Å². The number of hydrogen-bond acceptors (Lipinski definition) is 6. The normalized spacial score (nSPS) is 11.9. The fraction of sp³-hybridized carbons (Fsp3) is 0.333. The van der Waals surface area contributed by atoms with Gasteiger partial charge in [-0.3, -0.25) is 4.79 Å². The van der Waals surface area contributed by atoms with Crippen LogP contribution in [0.4, 0.5) is 0 Å². The number of carbonyl (C=O) groups excluding carboxylic acids is 1. The van der Waals surface area contributed by atoms with Crippen LogP contribution in [0.2, 0.25) is 0 Å². The van der Waals surface area contributed by atoms with Gasteiger partial charge in [0.05, 0.1) is 24.9 Å². The minimum Gasteiger partial charge on any atom is -0.493 e. The molecule has 0 saturated heterocycles. The molecule has 1 aromatic heterocycles. The number of methoxy groups -OCH3 is 1. The van der Waals surface area contributed by atoms with Crippen LogP contribution in [0.1, 0.15) is 30.6 Å². The van der Waals surface area contributed by atoms with E-state index in [9.17, 15) is 19.6 Å². The average Bonchev–Trinajstić information content (AvgIpc) is 2.85. The van der Waals surface area contributed by atoms with Crippen molar-refractivity contribution in [3.8, 4) is 11.6 Å². The largest absolute Gasteiger partial charge is 0.493 e. The Bertz CT molecular complexity index is 760. The number of hydrogen-bond donors (Lipinski definition) is 2. The molecule has 0 spiro atoms. The van der Waals surface area contributed by atoms with E-state index in [1.807, 2.05) is 0 Å². The fourth-order valence-electron chi connectivity index (χ4n) is 2.18. The summed E-state index contributed by atoms with van der Waals surface area (Å²) in [5.74, 6) is -0.689. The van der Waals surface area contributed by atoms with Gasteiger partial charge in [0.15, 0.2) is 0 Å². The van der Waals surface area contributed by atoms with E-state index in [1.54, 1.807) is 31.2 Å². The quantitative estimate of drug-likeness (QED) is 0.622. The van der Waals surface area contributed by atoms with Gasteiger partial charge in [0.2, 0.25) is 5.88 Å². The first kappa shape index (κ1) is 16.5. The molecule has 0 fully saturated rings. The van der Waals surface area contributed by atoms with Crippen molar-refractivity contribution in [3.05, 3.63) is 50.9 Å². The number of aromatic amines is 1. The Morgan fingerprint density at radius 3 is 2.61 bits per heavy atom. The molecule has 2 N–H and O–H groups in total. The summed E-state index contributed by atoms with van der Waals surface area (Å²) in [6, 6.07) is 6.05. The zero-order valence-electron chi connectivity index (χ0n) is 12.8. The molecule has 2 aromatic rings. The lowest BCUT2D eigenvalue weighted by Gasteiger charge is -2.07. The van der Waals surface area contributed by atoms with Crippen molar-refractivity contribution in [1.29, 1.82) is 0 Å². The number of nitroso groups, excluding NO2 is 1. The number of esters is 1. The van der Waals surface area contributed by atoms with Gasteiger partial charge in [-0.2, -0.15) is 4.91 Å². The SMILES string of the molecule is COC(=O)CCc1[nH]c(=O)n(-c2ccc(C(C)N=O)cc2)c1O. The second kappa shape index (κ2) is 6.91. The second-order valence-electron chi connectivity index (χ2n) is 5.02. The highest BCUT2D eigenvalue weighted by Gasteiger charge is 2.16. The number of carbonyl (C=O) groups is 1. The molecule has 1 atom stereocenters. The summed E-state index contributed by atoms with van der Waals surface area (Å²) >= 11 is 0. The maximum atomic E-state index is 12.0. The molecule has 23 heavy (non-hydrogen) atoms. The highest BCUT2D eigenvalue weighted by Crippen LogP contribution is 2.22. The maximum Gasteiger partial charge on any atom is 0.333 e. The Labute approximate surface area is 131 Å². The van der Waals surface area contributed by atoms with E-state index in [2.05, 4.69) is 14.9 Å². The topological polar surface area (TPSA) is 114 Å². The van der Waals surface area contributed by atoms with Gasteiger partial charge in [-0.1, -0.05) is 17.3 Å². The van der Waals surface area contributed by atoms with Crippen molar-refractivity contribution in [2.24, 2.45) is 5.18 Å². The molecule has 0 bridgehead atoms. The molecule has 1 heterocycles. The first-order chi connectivity index (χ1) is 11.0. The van der Waals surface area contributed by atoms with Crippen LogP contribution in [0.5, 0.6) is 5.88 Å². The van der Waals surface area contributed by atoms with E-state index >= 15 is 0 Å². The molecule has 1 unspecified atom stereocenters. The Morgan fingerprint density at radius 1 is 1.39 bits per heavy atom. The van der Waals surface area contributed by atoms with Crippen molar-refractivity contribution < 1.29 is 14.6 Å². The van der Waals surface area contributed by atoms with E-state index in [0.717, 1.165) is 4.57 Å². The second-order valence-corrected chi connectivity index (χ2v) is 5.02. The third-order valence-electron chi connectivity index (χ3n) is 3.54. The van der Waals surface area contributed by atoms with E-state index in [1.165, 1.54) is 7.11 Å². The van der Waals surface area contributed by atoms with Crippen LogP contribution in [0, 0.1) is 4.91 Å². The predicted octanol–water partition coefficient (Wildman–Crippen LogP) is 1.80. The van der Waals surface area contributed by atoms with Gasteiger partial charge in [0.25, 0.3) is 0 Å². The fourth-order valence-corrected chi connectivity index (χ4v) is 2.18. The first-order valence-corrected chi connectivity index (χ1v) is 7.00. The number of imidazole rings is 1. The number of ether oxygens (including phenoxy) is 1. The van der Waals surface area contributed by atoms with Crippen LogP contribution in [-0.2, 0) is 16.0 Å². The van der Waals surface area contributed by atoms with Gasteiger partial charge < -0.3 is 14.8 Å². The molecular formula is C15H17N3O5. The summed E-state index contributed by atoms with van der Waals surface area (Å²) in [7, 11) is 1.27. The summed E-state index contributed by atoms with van der Waals surface area (Å²) in [4.78, 5) is 36.2. The Hall–Kier alpha value is -2.90. The minimum absolute atomic E-state index is 0.0471. The molecule has 0 aliphatic carbocycles. The third kappa shape index (κ3) is 3.47. The lowest BCUT2D eigenvalue weighted by Crippen LogP contribution is -2.14. The van der Waals surface area contributed by atoms with Crippen LogP contribution in [-0.4, -0.2) is 27.7 Å². The van der Waals surface area contributed by atoms with Gasteiger partial charge in [-0.05, 0) is 24.6 Å². The van der Waals surface area contributed by atoms with Gasteiger partial charge in [0.1, 0.15) is 6.04 Å². The van der Waals surface area contributed by atoms with Gasteiger partial charge in [-0.25, -0.2) is 9.36 Å². The zero-order valence-corrected chi connectivity index (χ0v) is 12.8. The summed E-state index contributed by atoms with van der Waals surface area (Å²) < 4.78 is 5.62. The van der Waals surface area contributed by atoms with Crippen molar-refractivity contribution in [3.63, 3.8) is 0 Å². The number of aryl methyl sites for hydroxylation is 1. The molecule has 8 nitrogen and oxygen atoms in total. The van der Waals surface area contributed by atoms with Gasteiger partial charge >= 0.3 is 11.7 Å². The monoisotopic (exact) mass is 319 g/mol. The number of nitrogens with one attached hydrogen (secondary N) is 1. The lowest BCUT2D eigenvalue weighted by atomic mass is 10.1. The van der Waals surface area contributed by atoms with E-state index < -0.39 is 17.7 Å². The van der Waals surface area contributed by atoms with Crippen molar-refractivity contribution in [1.82, 2.24) is 9.55 Å². The highest BCUT2D eigenvalue weighted by atomic mass is 16.5. The Kier molecular flexibility index (Phi) is 4.95. The number of aromatic nitrogens is 2. The lowest BCUT2D eigenvalue weighted by molar-refractivity contribution is -0.140. The highest BCUT2D eigenvalue weighted by molar-refractivity contribution is 5.69. The molecule has 0 saturated carbocycles. The van der Waals surface area contributed by atoms with E-state index in [-0.39, 0.29) is 24.4 Å². The number of benzene rings is 1. The smallest absolute Gasteiger partial charge is 0.333 e. The summed E-state index contributed by atoms with van der Waals surface area (Å²) in [6.07, 6.45) is 0.205. The first-order valence-electron chi connectivity index (χ1n) is 7.00. The molecule has 0 radical (unpaired) electrons. The van der Waals surface area contributed by atoms with E-state index in [0.29, 0.717) is 11.3 Å². The third-order valence-corrected chi connectivity index (χ3v) is 3.54. The molecule has 8 heteroatoms. The van der Waals surface area contributed by atoms with Gasteiger partial charge in [-0.15, -0.1) is 0 Å². The maximum absolute atomic E-state index is 12.0. The molecule has 0 aliphatic rings. The van der Waals surface area contributed by atoms with Crippen molar-refractivity contribution in [2.45, 2.75) is 25.8 Å². The zero-order chi connectivity index (χ0) is 17.0. The molecule has 1 aromatic carbocycles. The van der Waals surface area contributed by atoms with Crippen molar-refractivity contribution >= 4 is 5.97 Å². The van der Waals surface area contributed by atoms with Crippen molar-refractivity contribution in [2.75, 3.05) is 7.11 Å². The van der Waals surface area contributed by atoms with Crippen LogP contribution in [0.3, 0.4) is 0 Å². The number of rotatable bonds is 6. The van der Waals surface area contributed by atoms with Crippen LogP contribution in [0.15, 0.2) is 34.2 Å². The summed E-state index contributed by atoms with van der Waals surface area (Å²) in [5, 5.41) is 13.1. The van der Waals surface area contributed by atoms with Crippen LogP contribution >= 0.6 is 0 Å². The minimum atomic E-state index is -0.517. The molecule has 122 valence electrons. The van der Waals surface area contributed by atoms with Gasteiger partial charge in [0, 0.05) is 6.42 Å². The standard InChI is InChI=1S/C15H17N3O5/c1-9(17-22)10-3-5-11(6-4-10)18-14(20)12(16-15(18)21)7-8-13(19)23-2/h3-6,9,20H,7-8H2,1-2H3,(H,16,21). The molecule has 2 rings (SSSR count). The van der Waals surface area contributed by atoms with Crippen LogP contribution in [0.25, 0.3) is 5.69 Å². The number of aromatic hydroxyl groups is 1. The summed E-state index contributed by atoms with van der Waals surface area (Å²) in [5.41, 5.74) is 0.886. The Balaban J connectivity index is 2.29. The van der Waals surface area contributed by atoms with E-state index in [4.69, 9.17) is 0 Å². The average molecular weight is 319 g/mol. The molecular weight excluding hydrogens is 302 g/mol. The number of H-pyrrole nitrogens is 1.